The number of carbonyl (C=O) groups excluding carboxylic acids is 3. The van der Waals surface area contributed by atoms with Crippen LogP contribution in [0.1, 0.15) is 40.0 Å². The fourth-order valence-corrected chi connectivity index (χ4v) is 1.80. The Morgan fingerprint density at radius 2 is 1.70 bits per heavy atom. The predicted molar refractivity (Wildman–Crippen MR) is 62.9 cm³/mol. The lowest BCUT2D eigenvalue weighted by molar-refractivity contribution is -0.168. The van der Waals surface area contributed by atoms with Crippen molar-refractivity contribution in [2.75, 3.05) is 0 Å². The first kappa shape index (κ1) is 14.1. The third-order valence-electron chi connectivity index (χ3n) is 2.75. The van der Waals surface area contributed by atoms with Gasteiger partial charge >= 0.3 is 5.97 Å². The number of nitrogens with zero attached hydrogens (tertiary/aromatic N) is 1. The summed E-state index contributed by atoms with van der Waals surface area (Å²) < 4.78 is 23.8. The molecule has 1 aliphatic rings. The second-order valence-corrected chi connectivity index (χ2v) is 4.20. The van der Waals surface area contributed by atoms with Crippen LogP contribution in [0.4, 0.5) is 8.78 Å². The van der Waals surface area contributed by atoms with Crippen LogP contribution in [0.5, 0.6) is 0 Å². The number of fused-ring (bicyclic) bond motifs is 1. The minimum Gasteiger partial charge on any atom is -0.330 e. The van der Waals surface area contributed by atoms with E-state index in [1.54, 1.807) is 12.1 Å². The smallest absolute Gasteiger partial charge is 0.330 e. The molecule has 106 valence electrons. The highest BCUT2D eigenvalue weighted by atomic mass is 19.3. The molecule has 0 fully saturated rings. The highest BCUT2D eigenvalue weighted by molar-refractivity contribution is 6.20. The third kappa shape index (κ3) is 2.81. The van der Waals surface area contributed by atoms with E-state index in [0.29, 0.717) is 5.06 Å². The fourth-order valence-electron chi connectivity index (χ4n) is 1.80. The number of imide groups is 1. The first-order chi connectivity index (χ1) is 9.50. The number of benzene rings is 1. The Bertz CT molecular complexity index is 524. The van der Waals surface area contributed by atoms with Gasteiger partial charge < -0.3 is 4.84 Å². The van der Waals surface area contributed by atoms with E-state index in [-0.39, 0.29) is 24.0 Å². The van der Waals surface area contributed by atoms with Gasteiger partial charge in [0.2, 0.25) is 6.43 Å². The van der Waals surface area contributed by atoms with E-state index in [0.717, 1.165) is 0 Å². The van der Waals surface area contributed by atoms with Crippen LogP contribution in [0, 0.1) is 0 Å². The van der Waals surface area contributed by atoms with Gasteiger partial charge in [-0.15, -0.1) is 0 Å². The van der Waals surface area contributed by atoms with Gasteiger partial charge in [0.1, 0.15) is 0 Å². The maximum absolute atomic E-state index is 11.9. The maximum atomic E-state index is 11.9. The van der Waals surface area contributed by atoms with Crippen LogP contribution >= 0.6 is 0 Å². The van der Waals surface area contributed by atoms with Crippen molar-refractivity contribution in [1.29, 1.82) is 0 Å². The van der Waals surface area contributed by atoms with Crippen LogP contribution in [-0.4, -0.2) is 29.3 Å². The quantitative estimate of drug-likeness (QED) is 0.777. The van der Waals surface area contributed by atoms with E-state index in [1.807, 2.05) is 0 Å². The average molecular weight is 283 g/mol. The van der Waals surface area contributed by atoms with Crippen LogP contribution in [0.2, 0.25) is 0 Å². The van der Waals surface area contributed by atoms with Crippen LogP contribution in [0.3, 0.4) is 0 Å². The minimum absolute atomic E-state index is 0.0698. The SMILES string of the molecule is O=C(CCCC(F)F)ON1C(=O)c2ccccc2C1=O. The molecule has 0 saturated carbocycles. The summed E-state index contributed by atoms with van der Waals surface area (Å²) in [5.74, 6) is -2.35. The van der Waals surface area contributed by atoms with Crippen molar-refractivity contribution in [2.24, 2.45) is 0 Å². The van der Waals surface area contributed by atoms with Gasteiger partial charge in [-0.25, -0.2) is 13.6 Å². The Labute approximate surface area is 113 Å². The summed E-state index contributed by atoms with van der Waals surface area (Å²) in [4.78, 5) is 39.7. The lowest BCUT2D eigenvalue weighted by Gasteiger charge is -2.12. The summed E-state index contributed by atoms with van der Waals surface area (Å²) in [7, 11) is 0. The Hall–Kier alpha value is -2.31. The Morgan fingerprint density at radius 3 is 2.20 bits per heavy atom. The summed E-state index contributed by atoms with van der Waals surface area (Å²) >= 11 is 0. The molecule has 0 N–H and O–H groups in total. The second-order valence-electron chi connectivity index (χ2n) is 4.20. The van der Waals surface area contributed by atoms with Crippen molar-refractivity contribution >= 4 is 17.8 Å². The van der Waals surface area contributed by atoms with Gasteiger partial charge in [-0.1, -0.05) is 17.2 Å². The number of rotatable bonds is 5. The van der Waals surface area contributed by atoms with Gasteiger partial charge in [0.25, 0.3) is 11.8 Å². The van der Waals surface area contributed by atoms with Gasteiger partial charge in [0.05, 0.1) is 11.1 Å². The molecule has 5 nitrogen and oxygen atoms in total. The zero-order valence-corrected chi connectivity index (χ0v) is 10.3. The first-order valence-corrected chi connectivity index (χ1v) is 5.97. The molecule has 0 unspecified atom stereocenters. The molecule has 1 heterocycles. The molecule has 2 amide bonds. The monoisotopic (exact) mass is 283 g/mol. The molecular weight excluding hydrogens is 272 g/mol. The van der Waals surface area contributed by atoms with E-state index < -0.39 is 30.6 Å². The predicted octanol–water partition coefficient (Wildman–Crippen LogP) is 2.18. The van der Waals surface area contributed by atoms with Gasteiger partial charge in [0, 0.05) is 12.8 Å². The van der Waals surface area contributed by atoms with Crippen molar-refractivity contribution in [1.82, 2.24) is 5.06 Å². The van der Waals surface area contributed by atoms with Crippen LogP contribution in [0.25, 0.3) is 0 Å². The summed E-state index contributed by atoms with van der Waals surface area (Å²) in [5, 5.41) is 0.370. The molecule has 0 aromatic heterocycles. The fraction of sp³-hybridized carbons (Fsp3) is 0.308. The summed E-state index contributed by atoms with van der Waals surface area (Å²) in [6.07, 6.45) is -3.28. The molecule has 20 heavy (non-hydrogen) atoms. The van der Waals surface area contributed by atoms with Gasteiger partial charge in [0.15, 0.2) is 0 Å². The highest BCUT2D eigenvalue weighted by Gasteiger charge is 2.38. The molecule has 0 saturated heterocycles. The van der Waals surface area contributed by atoms with E-state index in [1.165, 1.54) is 12.1 Å². The maximum Gasteiger partial charge on any atom is 0.333 e. The van der Waals surface area contributed by atoms with Crippen molar-refractivity contribution in [3.63, 3.8) is 0 Å². The Morgan fingerprint density at radius 1 is 1.15 bits per heavy atom. The molecule has 0 radical (unpaired) electrons. The Balaban J connectivity index is 1.97. The largest absolute Gasteiger partial charge is 0.333 e. The van der Waals surface area contributed by atoms with Crippen LogP contribution in [-0.2, 0) is 9.63 Å². The van der Waals surface area contributed by atoms with Gasteiger partial charge in [-0.2, -0.15) is 0 Å². The normalized spacial score (nSPS) is 13.8. The molecule has 2 rings (SSSR count). The number of carbonyl (C=O) groups is 3. The molecular formula is C13H11F2NO4. The number of halogens is 2. The number of hydroxylamine groups is 2. The van der Waals surface area contributed by atoms with Crippen molar-refractivity contribution in [2.45, 2.75) is 25.7 Å². The van der Waals surface area contributed by atoms with Crippen molar-refractivity contribution < 1.29 is 28.0 Å². The molecule has 7 heteroatoms. The average Bonchev–Trinajstić information content (AvgIpc) is 2.64. The Kier molecular flexibility index (Phi) is 4.07. The topological polar surface area (TPSA) is 63.7 Å². The zero-order valence-electron chi connectivity index (χ0n) is 10.3. The summed E-state index contributed by atoms with van der Waals surface area (Å²) in [6, 6.07) is 6.05. The van der Waals surface area contributed by atoms with Gasteiger partial charge in [-0.3, -0.25) is 9.59 Å². The first-order valence-electron chi connectivity index (χ1n) is 5.97. The van der Waals surface area contributed by atoms with Gasteiger partial charge in [-0.05, 0) is 18.6 Å². The number of alkyl halides is 2. The van der Waals surface area contributed by atoms with Crippen molar-refractivity contribution in [3.05, 3.63) is 35.4 Å². The van der Waals surface area contributed by atoms with E-state index >= 15 is 0 Å². The van der Waals surface area contributed by atoms with Crippen LogP contribution in [0.15, 0.2) is 24.3 Å². The van der Waals surface area contributed by atoms with Crippen molar-refractivity contribution in [3.8, 4) is 0 Å². The minimum atomic E-state index is -2.50. The lowest BCUT2D eigenvalue weighted by Crippen LogP contribution is -2.32. The molecule has 0 spiro atoms. The number of hydrogen-bond acceptors (Lipinski definition) is 4. The van der Waals surface area contributed by atoms with E-state index in [9.17, 15) is 23.2 Å². The number of amides is 2. The van der Waals surface area contributed by atoms with E-state index in [4.69, 9.17) is 0 Å². The molecule has 0 atom stereocenters. The summed E-state index contributed by atoms with van der Waals surface area (Å²) in [6.45, 7) is 0. The van der Waals surface area contributed by atoms with Crippen LogP contribution < -0.4 is 0 Å². The molecule has 0 aliphatic carbocycles. The van der Waals surface area contributed by atoms with E-state index in [2.05, 4.69) is 4.84 Å². The second kappa shape index (κ2) is 5.77. The molecule has 0 bridgehead atoms. The lowest BCUT2D eigenvalue weighted by atomic mass is 10.1. The third-order valence-corrected chi connectivity index (χ3v) is 2.75. The standard InChI is InChI=1S/C13H11F2NO4/c14-10(15)6-3-7-11(17)20-16-12(18)8-4-1-2-5-9(8)13(16)19/h1-2,4-5,10H,3,6-7H2. The molecule has 1 aliphatic heterocycles. The zero-order chi connectivity index (χ0) is 14.7. The highest BCUT2D eigenvalue weighted by Crippen LogP contribution is 2.23. The molecule has 1 aromatic rings. The molecule has 1 aromatic carbocycles. The number of hydrogen-bond donors (Lipinski definition) is 0. The summed E-state index contributed by atoms with van der Waals surface area (Å²) in [5.41, 5.74) is 0.302.